The number of hydrogen-bond acceptors (Lipinski definition) is 2. The van der Waals surface area contributed by atoms with Crippen molar-refractivity contribution in [1.29, 1.82) is 0 Å². The van der Waals surface area contributed by atoms with Crippen LogP contribution in [0.4, 0.5) is 0 Å². The van der Waals surface area contributed by atoms with Crippen LogP contribution in [-0.2, 0) is 5.41 Å². The topological polar surface area (TPSA) is 25.8 Å². The van der Waals surface area contributed by atoms with Gasteiger partial charge in [-0.15, -0.1) is 0 Å². The summed E-state index contributed by atoms with van der Waals surface area (Å²) in [6.45, 7) is 6.52. The molecule has 0 saturated heterocycles. The van der Waals surface area contributed by atoms with Crippen LogP contribution >= 0.6 is 0 Å². The Balaban J connectivity index is 1.90. The molecule has 1 heterocycles. The lowest BCUT2D eigenvalue weighted by atomic mass is 9.92. The molecule has 0 amide bonds. The number of hydrogen-bond donors (Lipinski definition) is 0. The van der Waals surface area contributed by atoms with E-state index in [4.69, 9.17) is 9.97 Å². The second kappa shape index (κ2) is 7.07. The third-order valence-corrected chi connectivity index (χ3v) is 5.53. The van der Waals surface area contributed by atoms with Crippen LogP contribution in [-0.4, -0.2) is 9.97 Å². The molecule has 0 unspecified atom stereocenters. The number of benzene rings is 4. The van der Waals surface area contributed by atoms with E-state index >= 15 is 0 Å². The van der Waals surface area contributed by atoms with E-state index in [2.05, 4.69) is 112 Å². The van der Waals surface area contributed by atoms with Crippen molar-refractivity contribution in [3.8, 4) is 22.4 Å². The normalized spacial score (nSPS) is 11.8. The summed E-state index contributed by atoms with van der Waals surface area (Å²) in [5.41, 5.74) is 5.38. The van der Waals surface area contributed by atoms with E-state index < -0.39 is 0 Å². The minimum Gasteiger partial charge on any atom is -0.232 e. The largest absolute Gasteiger partial charge is 0.232 e. The molecule has 146 valence electrons. The highest BCUT2D eigenvalue weighted by Crippen LogP contribution is 2.37. The quantitative estimate of drug-likeness (QED) is 0.294. The Bertz CT molecular complexity index is 1360. The van der Waals surface area contributed by atoms with Gasteiger partial charge in [0.2, 0.25) is 0 Å². The average Bonchev–Trinajstić information content (AvgIpc) is 2.78. The highest BCUT2D eigenvalue weighted by atomic mass is 14.9. The van der Waals surface area contributed by atoms with Crippen molar-refractivity contribution < 1.29 is 0 Å². The maximum absolute atomic E-state index is 5.12. The molecule has 5 rings (SSSR count). The molecule has 1 aromatic heterocycles. The summed E-state index contributed by atoms with van der Waals surface area (Å²) in [6.07, 6.45) is 0. The molecule has 0 aliphatic carbocycles. The zero-order chi connectivity index (χ0) is 20.7. The van der Waals surface area contributed by atoms with Gasteiger partial charge in [-0.25, -0.2) is 9.97 Å². The van der Waals surface area contributed by atoms with E-state index in [-0.39, 0.29) is 5.41 Å². The van der Waals surface area contributed by atoms with Crippen molar-refractivity contribution in [1.82, 2.24) is 9.97 Å². The number of aromatic nitrogens is 2. The summed E-state index contributed by atoms with van der Waals surface area (Å²) in [4.78, 5) is 10.2. The van der Waals surface area contributed by atoms with Gasteiger partial charge in [0.05, 0.1) is 11.2 Å². The predicted octanol–water partition coefficient (Wildman–Crippen LogP) is 7.41. The van der Waals surface area contributed by atoms with Crippen LogP contribution in [0.15, 0.2) is 91.0 Å². The fraction of sp³-hybridized carbons (Fsp3) is 0.143. The number of nitrogens with zero attached hydrogens (tertiary/aromatic N) is 2. The average molecular weight is 389 g/mol. The molecule has 2 nitrogen and oxygen atoms in total. The molecule has 0 fully saturated rings. The fourth-order valence-electron chi connectivity index (χ4n) is 3.96. The summed E-state index contributed by atoms with van der Waals surface area (Å²) >= 11 is 0. The number of fused-ring (bicyclic) bond motifs is 3. The molecule has 0 bridgehead atoms. The first-order valence-electron chi connectivity index (χ1n) is 10.4. The Morgan fingerprint density at radius 1 is 0.567 bits per heavy atom. The molecular formula is C28H24N2. The third kappa shape index (κ3) is 3.15. The third-order valence-electron chi connectivity index (χ3n) is 5.53. The summed E-state index contributed by atoms with van der Waals surface area (Å²) in [7, 11) is 0. The van der Waals surface area contributed by atoms with Gasteiger partial charge in [0.15, 0.2) is 0 Å². The molecule has 0 atom stereocenters. The van der Waals surface area contributed by atoms with Gasteiger partial charge >= 0.3 is 0 Å². The molecule has 0 aliphatic rings. The van der Waals surface area contributed by atoms with Crippen LogP contribution < -0.4 is 0 Å². The molecule has 5 aromatic rings. The first kappa shape index (κ1) is 18.5. The Morgan fingerprint density at radius 3 is 2.00 bits per heavy atom. The van der Waals surface area contributed by atoms with Crippen molar-refractivity contribution in [2.45, 2.75) is 26.2 Å². The molecule has 0 N–H and O–H groups in total. The van der Waals surface area contributed by atoms with Crippen molar-refractivity contribution in [3.05, 3.63) is 96.8 Å². The molecule has 0 saturated carbocycles. The van der Waals surface area contributed by atoms with Gasteiger partial charge in [0, 0.05) is 21.8 Å². The van der Waals surface area contributed by atoms with E-state index in [0.717, 1.165) is 28.0 Å². The molecule has 0 radical (unpaired) electrons. The van der Waals surface area contributed by atoms with Gasteiger partial charge in [-0.3, -0.25) is 0 Å². The second-order valence-corrected chi connectivity index (χ2v) is 8.74. The minimum atomic E-state index is -0.151. The molecule has 2 heteroatoms. The van der Waals surface area contributed by atoms with E-state index in [1.165, 1.54) is 21.9 Å². The standard InChI is InChI=1S/C28H24N2/c1-28(2,3)27-29-25-22-15-8-7-13-20(22)17-18-24(25)26(30-27)23-16-10-9-14-21(23)19-11-5-4-6-12-19/h4-18H,1-3H3. The summed E-state index contributed by atoms with van der Waals surface area (Å²) in [5.74, 6) is 0.865. The van der Waals surface area contributed by atoms with Crippen molar-refractivity contribution in [2.24, 2.45) is 0 Å². The molecular weight excluding hydrogens is 364 g/mol. The smallest absolute Gasteiger partial charge is 0.135 e. The van der Waals surface area contributed by atoms with Gasteiger partial charge in [-0.05, 0) is 22.6 Å². The Labute approximate surface area is 177 Å². The Hall–Kier alpha value is -3.52. The van der Waals surface area contributed by atoms with Gasteiger partial charge in [-0.1, -0.05) is 106 Å². The van der Waals surface area contributed by atoms with Crippen molar-refractivity contribution in [2.75, 3.05) is 0 Å². The lowest BCUT2D eigenvalue weighted by Crippen LogP contribution is -2.16. The minimum absolute atomic E-state index is 0.151. The van der Waals surface area contributed by atoms with Gasteiger partial charge in [0.25, 0.3) is 0 Å². The first-order valence-corrected chi connectivity index (χ1v) is 10.4. The maximum Gasteiger partial charge on any atom is 0.135 e. The number of rotatable bonds is 2. The van der Waals surface area contributed by atoms with Crippen LogP contribution in [0.3, 0.4) is 0 Å². The van der Waals surface area contributed by atoms with Crippen LogP contribution in [0.5, 0.6) is 0 Å². The van der Waals surface area contributed by atoms with Crippen molar-refractivity contribution >= 4 is 21.7 Å². The van der Waals surface area contributed by atoms with E-state index in [1.54, 1.807) is 0 Å². The zero-order valence-electron chi connectivity index (χ0n) is 17.6. The zero-order valence-corrected chi connectivity index (χ0v) is 17.6. The fourth-order valence-corrected chi connectivity index (χ4v) is 3.96. The molecule has 4 aromatic carbocycles. The highest BCUT2D eigenvalue weighted by Gasteiger charge is 2.22. The highest BCUT2D eigenvalue weighted by molar-refractivity contribution is 6.10. The first-order chi connectivity index (χ1) is 14.5. The molecule has 30 heavy (non-hydrogen) atoms. The lowest BCUT2D eigenvalue weighted by Gasteiger charge is -2.20. The molecule has 0 spiro atoms. The van der Waals surface area contributed by atoms with Gasteiger partial charge < -0.3 is 0 Å². The summed E-state index contributed by atoms with van der Waals surface area (Å²) < 4.78 is 0. The Kier molecular flexibility index (Phi) is 4.36. The van der Waals surface area contributed by atoms with Crippen LogP contribution in [0, 0.1) is 0 Å². The van der Waals surface area contributed by atoms with Crippen LogP contribution in [0.1, 0.15) is 26.6 Å². The Morgan fingerprint density at radius 2 is 1.23 bits per heavy atom. The summed E-state index contributed by atoms with van der Waals surface area (Å²) in [6, 6.07) is 31.9. The van der Waals surface area contributed by atoms with E-state index in [9.17, 15) is 0 Å². The predicted molar refractivity (Wildman–Crippen MR) is 127 cm³/mol. The van der Waals surface area contributed by atoms with Crippen LogP contribution in [0.25, 0.3) is 44.1 Å². The summed E-state index contributed by atoms with van der Waals surface area (Å²) in [5, 5.41) is 3.46. The van der Waals surface area contributed by atoms with E-state index in [1.807, 2.05) is 0 Å². The monoisotopic (exact) mass is 388 g/mol. The van der Waals surface area contributed by atoms with Gasteiger partial charge in [-0.2, -0.15) is 0 Å². The maximum atomic E-state index is 5.12. The SMILES string of the molecule is CC(C)(C)c1nc(-c2ccccc2-c2ccccc2)c2ccc3ccccc3c2n1. The lowest BCUT2D eigenvalue weighted by molar-refractivity contribution is 0.549. The molecule has 0 aliphatic heterocycles. The second-order valence-electron chi connectivity index (χ2n) is 8.74. The van der Waals surface area contributed by atoms with Gasteiger partial charge in [0.1, 0.15) is 5.82 Å². The van der Waals surface area contributed by atoms with Crippen LogP contribution in [0.2, 0.25) is 0 Å². The van der Waals surface area contributed by atoms with E-state index in [0.29, 0.717) is 0 Å². The van der Waals surface area contributed by atoms with Crippen molar-refractivity contribution in [3.63, 3.8) is 0 Å².